The second kappa shape index (κ2) is 8.17. The second-order valence-corrected chi connectivity index (χ2v) is 11.2. The molecular formula is C24H34N2O2S. The quantitative estimate of drug-likeness (QED) is 0.587. The number of aliphatic imine (C=N–C) groups is 1. The van der Waals surface area contributed by atoms with Gasteiger partial charge in [0, 0.05) is 24.2 Å². The smallest absolute Gasteiger partial charge is 0.286 e. The summed E-state index contributed by atoms with van der Waals surface area (Å²) in [4.78, 5) is 19.9. The minimum atomic E-state index is -0.195. The van der Waals surface area contributed by atoms with Gasteiger partial charge in [-0.2, -0.15) is 4.99 Å². The van der Waals surface area contributed by atoms with E-state index in [1.54, 1.807) is 0 Å². The van der Waals surface area contributed by atoms with Crippen molar-refractivity contribution in [2.45, 2.75) is 78.1 Å². The second-order valence-electron chi connectivity index (χ2n) is 10.2. The number of phenolic OH excluding ortho intramolecular Hbond substituents is 1. The lowest BCUT2D eigenvalue weighted by molar-refractivity contribution is -0.113. The van der Waals surface area contributed by atoms with Crippen LogP contribution in [0, 0.1) is 0 Å². The molecule has 0 aliphatic carbocycles. The molecule has 2 heterocycles. The number of aromatic hydroxyl groups is 1. The zero-order valence-corrected chi connectivity index (χ0v) is 19.4. The molecule has 1 N–H and O–H groups in total. The summed E-state index contributed by atoms with van der Waals surface area (Å²) in [5.41, 5.74) is 2.36. The number of amides is 1. The van der Waals surface area contributed by atoms with E-state index in [-0.39, 0.29) is 16.7 Å². The Balaban J connectivity index is 1.95. The Morgan fingerprint density at radius 2 is 1.48 bits per heavy atom. The third-order valence-corrected chi connectivity index (χ3v) is 6.58. The summed E-state index contributed by atoms with van der Waals surface area (Å²) in [6, 6.07) is 4.02. The van der Waals surface area contributed by atoms with Gasteiger partial charge < -0.3 is 10.0 Å². The average molecular weight is 415 g/mol. The maximum absolute atomic E-state index is 12.6. The average Bonchev–Trinajstić information content (AvgIpc) is 2.81. The highest BCUT2D eigenvalue weighted by Gasteiger charge is 2.29. The van der Waals surface area contributed by atoms with Gasteiger partial charge in [0.25, 0.3) is 5.91 Å². The number of carbonyl (C=O) groups excluding carboxylic acids is 1. The normalized spacial score (nSPS) is 20.2. The fourth-order valence-corrected chi connectivity index (χ4v) is 4.80. The van der Waals surface area contributed by atoms with E-state index in [9.17, 15) is 9.90 Å². The van der Waals surface area contributed by atoms with E-state index < -0.39 is 0 Å². The van der Waals surface area contributed by atoms with Crippen molar-refractivity contribution in [1.29, 1.82) is 0 Å². The predicted octanol–water partition coefficient (Wildman–Crippen LogP) is 5.83. The van der Waals surface area contributed by atoms with Crippen LogP contribution in [0.4, 0.5) is 0 Å². The molecule has 5 heteroatoms. The summed E-state index contributed by atoms with van der Waals surface area (Å²) >= 11 is 1.49. The van der Waals surface area contributed by atoms with Gasteiger partial charge in [-0.05, 0) is 59.2 Å². The van der Waals surface area contributed by atoms with Crippen LogP contribution in [0.3, 0.4) is 0 Å². The van der Waals surface area contributed by atoms with Gasteiger partial charge in [0.15, 0.2) is 5.17 Å². The fraction of sp³-hybridized carbons (Fsp3) is 0.583. The molecule has 0 atom stereocenters. The molecule has 0 aromatic heterocycles. The van der Waals surface area contributed by atoms with Crippen LogP contribution in [0.1, 0.15) is 83.9 Å². The van der Waals surface area contributed by atoms with Crippen molar-refractivity contribution in [1.82, 2.24) is 4.90 Å². The number of thioether (sulfide) groups is 1. The monoisotopic (exact) mass is 414 g/mol. The van der Waals surface area contributed by atoms with Gasteiger partial charge >= 0.3 is 0 Å². The number of hydrogen-bond donors (Lipinski definition) is 1. The van der Waals surface area contributed by atoms with Gasteiger partial charge in [-0.25, -0.2) is 0 Å². The Hall–Kier alpha value is -1.75. The van der Waals surface area contributed by atoms with Crippen molar-refractivity contribution in [3.8, 4) is 5.75 Å². The van der Waals surface area contributed by atoms with Crippen molar-refractivity contribution < 1.29 is 9.90 Å². The topological polar surface area (TPSA) is 52.9 Å². The number of carbonyl (C=O) groups is 1. The first kappa shape index (κ1) is 21.9. The van der Waals surface area contributed by atoms with Crippen LogP contribution in [0.15, 0.2) is 22.0 Å². The minimum absolute atomic E-state index is 0.156. The highest BCUT2D eigenvalue weighted by atomic mass is 32.2. The molecule has 1 aromatic carbocycles. The molecule has 1 aromatic rings. The standard InChI is InChI=1S/C24H34N2O2S/c1-23(2,3)17-13-16(14-18(20(17)27)24(4,5)6)15-19-21(28)25-22(29-19)26-11-9-7-8-10-12-26/h13-15,27H,7-12H2,1-6H3/b19-15-. The van der Waals surface area contributed by atoms with Crippen LogP contribution in [0.2, 0.25) is 0 Å². The summed E-state index contributed by atoms with van der Waals surface area (Å²) in [6.45, 7) is 14.6. The van der Waals surface area contributed by atoms with Gasteiger partial charge in [-0.15, -0.1) is 0 Å². The Morgan fingerprint density at radius 1 is 0.966 bits per heavy atom. The Morgan fingerprint density at radius 3 is 1.97 bits per heavy atom. The number of rotatable bonds is 1. The van der Waals surface area contributed by atoms with Crippen molar-refractivity contribution in [2.75, 3.05) is 13.1 Å². The maximum atomic E-state index is 12.6. The molecule has 0 radical (unpaired) electrons. The first-order valence-electron chi connectivity index (χ1n) is 10.6. The molecule has 1 fully saturated rings. The Kier molecular flexibility index (Phi) is 6.19. The maximum Gasteiger partial charge on any atom is 0.286 e. The van der Waals surface area contributed by atoms with E-state index in [2.05, 4.69) is 51.4 Å². The van der Waals surface area contributed by atoms with E-state index in [1.165, 1.54) is 24.6 Å². The van der Waals surface area contributed by atoms with Crippen LogP contribution < -0.4 is 0 Å². The lowest BCUT2D eigenvalue weighted by atomic mass is 9.78. The van der Waals surface area contributed by atoms with Crippen molar-refractivity contribution in [2.24, 2.45) is 4.99 Å². The SMILES string of the molecule is CC(C)(C)c1cc(/C=C2\SC(N3CCCCCC3)=NC2=O)cc(C(C)(C)C)c1O. The lowest BCUT2D eigenvalue weighted by Gasteiger charge is -2.28. The molecule has 0 saturated carbocycles. The first-order valence-corrected chi connectivity index (χ1v) is 11.4. The largest absolute Gasteiger partial charge is 0.507 e. The van der Waals surface area contributed by atoms with E-state index in [1.807, 2.05) is 18.2 Å². The van der Waals surface area contributed by atoms with Crippen LogP contribution in [-0.4, -0.2) is 34.2 Å². The predicted molar refractivity (Wildman–Crippen MR) is 124 cm³/mol. The first-order chi connectivity index (χ1) is 13.5. The van der Waals surface area contributed by atoms with Gasteiger partial charge in [-0.1, -0.05) is 54.4 Å². The van der Waals surface area contributed by atoms with Crippen molar-refractivity contribution in [3.63, 3.8) is 0 Å². The zero-order valence-electron chi connectivity index (χ0n) is 18.6. The van der Waals surface area contributed by atoms with Crippen LogP contribution in [0.5, 0.6) is 5.75 Å². The van der Waals surface area contributed by atoms with Gasteiger partial charge in [0.05, 0.1) is 4.91 Å². The number of phenols is 1. The number of amidine groups is 1. The Labute approximate surface area is 179 Å². The third kappa shape index (κ3) is 5.06. The van der Waals surface area contributed by atoms with Crippen LogP contribution in [0.25, 0.3) is 6.08 Å². The Bertz CT molecular complexity index is 814. The van der Waals surface area contributed by atoms with E-state index in [0.29, 0.717) is 10.7 Å². The highest BCUT2D eigenvalue weighted by molar-refractivity contribution is 8.18. The summed E-state index contributed by atoms with van der Waals surface area (Å²) in [6.07, 6.45) is 6.77. The molecule has 4 nitrogen and oxygen atoms in total. The molecular weight excluding hydrogens is 380 g/mol. The minimum Gasteiger partial charge on any atom is -0.507 e. The molecule has 3 rings (SSSR count). The molecule has 1 saturated heterocycles. The molecule has 29 heavy (non-hydrogen) atoms. The number of nitrogens with zero attached hydrogens (tertiary/aromatic N) is 2. The van der Waals surface area contributed by atoms with E-state index in [4.69, 9.17) is 0 Å². The molecule has 0 spiro atoms. The number of benzene rings is 1. The highest BCUT2D eigenvalue weighted by Crippen LogP contribution is 2.41. The molecule has 0 unspecified atom stereocenters. The zero-order chi connectivity index (χ0) is 21.4. The molecule has 2 aliphatic rings. The van der Waals surface area contributed by atoms with Crippen LogP contribution >= 0.6 is 11.8 Å². The van der Waals surface area contributed by atoms with E-state index >= 15 is 0 Å². The summed E-state index contributed by atoms with van der Waals surface area (Å²) in [7, 11) is 0. The number of likely N-dealkylation sites (tertiary alicyclic amines) is 1. The van der Waals surface area contributed by atoms with Crippen LogP contribution in [-0.2, 0) is 15.6 Å². The molecule has 1 amide bonds. The van der Waals surface area contributed by atoms with Gasteiger partial charge in [0.1, 0.15) is 5.75 Å². The van der Waals surface area contributed by atoms with E-state index in [0.717, 1.165) is 47.8 Å². The molecule has 158 valence electrons. The third-order valence-electron chi connectivity index (χ3n) is 5.53. The van der Waals surface area contributed by atoms with Crippen molar-refractivity contribution in [3.05, 3.63) is 33.7 Å². The molecule has 0 bridgehead atoms. The summed E-state index contributed by atoms with van der Waals surface area (Å²) in [5, 5.41) is 11.8. The summed E-state index contributed by atoms with van der Waals surface area (Å²) < 4.78 is 0. The fourth-order valence-electron chi connectivity index (χ4n) is 3.83. The summed E-state index contributed by atoms with van der Waals surface area (Å²) in [5.74, 6) is 0.205. The van der Waals surface area contributed by atoms with Crippen molar-refractivity contribution >= 4 is 28.9 Å². The van der Waals surface area contributed by atoms with Gasteiger partial charge in [0.2, 0.25) is 0 Å². The van der Waals surface area contributed by atoms with Gasteiger partial charge in [-0.3, -0.25) is 4.79 Å². The number of hydrogen-bond acceptors (Lipinski definition) is 4. The molecule has 2 aliphatic heterocycles. The lowest BCUT2D eigenvalue weighted by Crippen LogP contribution is -2.28.